The van der Waals surface area contributed by atoms with Crippen molar-refractivity contribution in [2.75, 3.05) is 6.54 Å². The Hall–Kier alpha value is -2.28. The number of hydrogen-bond donors (Lipinski definition) is 2. The highest BCUT2D eigenvalue weighted by molar-refractivity contribution is 5.80. The lowest BCUT2D eigenvalue weighted by Gasteiger charge is -2.19. The molecule has 1 aromatic rings. The standard InChI is InChI=1S/C16H19NO3/c1-12(18)17-11-5-4-6-13-7-9-14(10-8-13)16(2,3)15(19)20/h7-10H,5,11H2,1-3H3,(H,17,18)(H,19,20). The van der Waals surface area contributed by atoms with Gasteiger partial charge in [-0.05, 0) is 31.5 Å². The molecule has 0 aliphatic heterocycles. The van der Waals surface area contributed by atoms with Gasteiger partial charge in [0.15, 0.2) is 0 Å². The second-order valence-corrected chi connectivity index (χ2v) is 5.04. The van der Waals surface area contributed by atoms with Gasteiger partial charge in [0.1, 0.15) is 0 Å². The van der Waals surface area contributed by atoms with E-state index in [1.807, 2.05) is 12.1 Å². The van der Waals surface area contributed by atoms with E-state index in [0.717, 1.165) is 11.1 Å². The largest absolute Gasteiger partial charge is 0.481 e. The van der Waals surface area contributed by atoms with E-state index < -0.39 is 11.4 Å². The number of carboxylic acids is 1. The molecule has 0 aromatic heterocycles. The van der Waals surface area contributed by atoms with Crippen molar-refractivity contribution in [2.24, 2.45) is 0 Å². The lowest BCUT2D eigenvalue weighted by atomic mass is 9.84. The Kier molecular flexibility index (Phi) is 5.33. The van der Waals surface area contributed by atoms with Gasteiger partial charge in [-0.3, -0.25) is 9.59 Å². The van der Waals surface area contributed by atoms with Gasteiger partial charge in [-0.15, -0.1) is 0 Å². The highest BCUT2D eigenvalue weighted by atomic mass is 16.4. The number of amides is 1. The van der Waals surface area contributed by atoms with Gasteiger partial charge in [-0.25, -0.2) is 0 Å². The van der Waals surface area contributed by atoms with Gasteiger partial charge < -0.3 is 10.4 Å². The summed E-state index contributed by atoms with van der Waals surface area (Å²) in [6.07, 6.45) is 0.585. The minimum Gasteiger partial charge on any atom is -0.481 e. The summed E-state index contributed by atoms with van der Waals surface area (Å²) in [7, 11) is 0. The Morgan fingerprint density at radius 3 is 2.35 bits per heavy atom. The molecule has 1 rings (SSSR count). The quantitative estimate of drug-likeness (QED) is 0.650. The Bertz CT molecular complexity index is 547. The third-order valence-corrected chi connectivity index (χ3v) is 3.00. The van der Waals surface area contributed by atoms with Crippen LogP contribution in [0.15, 0.2) is 24.3 Å². The third-order valence-electron chi connectivity index (χ3n) is 3.00. The van der Waals surface area contributed by atoms with Crippen LogP contribution in [0.4, 0.5) is 0 Å². The molecule has 106 valence electrons. The van der Waals surface area contributed by atoms with Crippen LogP contribution in [0, 0.1) is 11.8 Å². The summed E-state index contributed by atoms with van der Waals surface area (Å²) in [6.45, 7) is 5.34. The predicted molar refractivity (Wildman–Crippen MR) is 77.3 cm³/mol. The van der Waals surface area contributed by atoms with Crippen LogP contribution in [0.2, 0.25) is 0 Å². The van der Waals surface area contributed by atoms with E-state index in [2.05, 4.69) is 17.2 Å². The lowest BCUT2D eigenvalue weighted by molar-refractivity contribution is -0.142. The zero-order valence-electron chi connectivity index (χ0n) is 12.0. The monoisotopic (exact) mass is 273 g/mol. The zero-order chi connectivity index (χ0) is 15.2. The van der Waals surface area contributed by atoms with Crippen LogP contribution >= 0.6 is 0 Å². The number of carbonyl (C=O) groups excluding carboxylic acids is 1. The number of benzene rings is 1. The maximum absolute atomic E-state index is 11.1. The van der Waals surface area contributed by atoms with Gasteiger partial charge in [0.25, 0.3) is 0 Å². The van der Waals surface area contributed by atoms with Crippen LogP contribution in [0.25, 0.3) is 0 Å². The second kappa shape index (κ2) is 6.76. The lowest BCUT2D eigenvalue weighted by Crippen LogP contribution is -2.28. The van der Waals surface area contributed by atoms with Crippen molar-refractivity contribution in [3.8, 4) is 11.8 Å². The van der Waals surface area contributed by atoms with E-state index in [-0.39, 0.29) is 5.91 Å². The van der Waals surface area contributed by atoms with Crippen LogP contribution in [0.3, 0.4) is 0 Å². The van der Waals surface area contributed by atoms with Gasteiger partial charge in [-0.1, -0.05) is 24.0 Å². The fraction of sp³-hybridized carbons (Fsp3) is 0.375. The first-order valence-corrected chi connectivity index (χ1v) is 6.41. The molecule has 0 aliphatic carbocycles. The highest BCUT2D eigenvalue weighted by Crippen LogP contribution is 2.23. The molecule has 0 unspecified atom stereocenters. The number of hydrogen-bond acceptors (Lipinski definition) is 2. The van der Waals surface area contributed by atoms with Crippen LogP contribution in [0.1, 0.15) is 38.3 Å². The molecular formula is C16H19NO3. The SMILES string of the molecule is CC(=O)NCCC#Cc1ccc(C(C)(C)C(=O)O)cc1. The smallest absolute Gasteiger partial charge is 0.313 e. The van der Waals surface area contributed by atoms with Crippen LogP contribution in [-0.2, 0) is 15.0 Å². The summed E-state index contributed by atoms with van der Waals surface area (Å²) in [5, 5.41) is 11.8. The Morgan fingerprint density at radius 2 is 1.85 bits per heavy atom. The zero-order valence-corrected chi connectivity index (χ0v) is 12.0. The molecule has 1 aromatic carbocycles. The first-order chi connectivity index (χ1) is 9.34. The molecule has 0 saturated heterocycles. The average molecular weight is 273 g/mol. The summed E-state index contributed by atoms with van der Waals surface area (Å²) >= 11 is 0. The highest BCUT2D eigenvalue weighted by Gasteiger charge is 2.28. The molecule has 0 spiro atoms. The third kappa shape index (κ3) is 4.43. The number of nitrogens with one attached hydrogen (secondary N) is 1. The Labute approximate surface area is 119 Å². The van der Waals surface area contributed by atoms with Gasteiger partial charge in [0.05, 0.1) is 5.41 Å². The number of carboxylic acid groups (broad SMARTS) is 1. The molecule has 0 aliphatic rings. The molecule has 0 heterocycles. The van der Waals surface area contributed by atoms with Crippen LogP contribution < -0.4 is 5.32 Å². The Balaban J connectivity index is 2.66. The molecular weight excluding hydrogens is 254 g/mol. The van der Waals surface area contributed by atoms with E-state index in [1.165, 1.54) is 6.92 Å². The number of rotatable bonds is 4. The van der Waals surface area contributed by atoms with E-state index in [4.69, 9.17) is 5.11 Å². The fourth-order valence-corrected chi connectivity index (χ4v) is 1.56. The molecule has 0 bridgehead atoms. The van der Waals surface area contributed by atoms with Gasteiger partial charge in [-0.2, -0.15) is 0 Å². The summed E-state index contributed by atoms with van der Waals surface area (Å²) in [6, 6.07) is 7.19. The maximum atomic E-state index is 11.1. The van der Waals surface area contributed by atoms with E-state index in [0.29, 0.717) is 13.0 Å². The van der Waals surface area contributed by atoms with Crippen LogP contribution in [-0.4, -0.2) is 23.5 Å². The number of aliphatic carboxylic acids is 1. The van der Waals surface area contributed by atoms with E-state index in [9.17, 15) is 9.59 Å². The molecule has 0 saturated carbocycles. The fourth-order valence-electron chi connectivity index (χ4n) is 1.56. The molecule has 4 nitrogen and oxygen atoms in total. The molecule has 4 heteroatoms. The summed E-state index contributed by atoms with van der Waals surface area (Å²) in [5.74, 6) is 5.02. The topological polar surface area (TPSA) is 66.4 Å². The van der Waals surface area contributed by atoms with Gasteiger partial charge >= 0.3 is 5.97 Å². The van der Waals surface area contributed by atoms with Crippen molar-refractivity contribution in [1.82, 2.24) is 5.32 Å². The summed E-state index contributed by atoms with van der Waals surface area (Å²) in [4.78, 5) is 21.8. The molecule has 1 amide bonds. The first-order valence-electron chi connectivity index (χ1n) is 6.41. The first kappa shape index (κ1) is 15.8. The van der Waals surface area contributed by atoms with Crippen molar-refractivity contribution >= 4 is 11.9 Å². The van der Waals surface area contributed by atoms with Gasteiger partial charge in [0, 0.05) is 25.5 Å². The molecule has 20 heavy (non-hydrogen) atoms. The second-order valence-electron chi connectivity index (χ2n) is 5.04. The van der Waals surface area contributed by atoms with Crippen molar-refractivity contribution < 1.29 is 14.7 Å². The molecule has 0 atom stereocenters. The average Bonchev–Trinajstić information content (AvgIpc) is 2.38. The predicted octanol–water partition coefficient (Wildman–Crippen LogP) is 1.93. The molecule has 2 N–H and O–H groups in total. The Morgan fingerprint density at radius 1 is 1.25 bits per heavy atom. The minimum absolute atomic E-state index is 0.0629. The van der Waals surface area contributed by atoms with Crippen LogP contribution in [0.5, 0.6) is 0 Å². The van der Waals surface area contributed by atoms with E-state index in [1.54, 1.807) is 26.0 Å². The van der Waals surface area contributed by atoms with Crippen molar-refractivity contribution in [1.29, 1.82) is 0 Å². The van der Waals surface area contributed by atoms with Gasteiger partial charge in [0.2, 0.25) is 5.91 Å². The van der Waals surface area contributed by atoms with E-state index >= 15 is 0 Å². The molecule has 0 radical (unpaired) electrons. The molecule has 0 fully saturated rings. The summed E-state index contributed by atoms with van der Waals surface area (Å²) in [5.41, 5.74) is 0.670. The van der Waals surface area contributed by atoms with Crippen molar-refractivity contribution in [3.05, 3.63) is 35.4 Å². The van der Waals surface area contributed by atoms with Crippen molar-refractivity contribution in [2.45, 2.75) is 32.6 Å². The normalized spacial score (nSPS) is 10.3. The summed E-state index contributed by atoms with van der Waals surface area (Å²) < 4.78 is 0. The number of carbonyl (C=O) groups is 2. The maximum Gasteiger partial charge on any atom is 0.313 e. The van der Waals surface area contributed by atoms with Crippen molar-refractivity contribution in [3.63, 3.8) is 0 Å². The minimum atomic E-state index is -0.905.